The molecule has 1 saturated carbocycles. The molecule has 1 aliphatic carbocycles. The van der Waals surface area contributed by atoms with Gasteiger partial charge < -0.3 is 4.74 Å². The zero-order chi connectivity index (χ0) is 16.5. The highest BCUT2D eigenvalue weighted by Gasteiger charge is 2.28. The van der Waals surface area contributed by atoms with E-state index < -0.39 is 21.5 Å². The fourth-order valence-corrected chi connectivity index (χ4v) is 2.94. The minimum absolute atomic E-state index is 0.0326. The first-order valence-electron chi connectivity index (χ1n) is 7.36. The Bertz CT molecular complexity index is 673. The molecule has 7 heteroatoms. The van der Waals surface area contributed by atoms with Gasteiger partial charge in [0.05, 0.1) is 5.75 Å². The topological polar surface area (TPSA) is 85.4 Å². The van der Waals surface area contributed by atoms with Crippen LogP contribution in [0.15, 0.2) is 17.0 Å². The molecular formula is C15H22N2O4S. The number of sulfone groups is 1. The summed E-state index contributed by atoms with van der Waals surface area (Å²) in [7, 11) is -3.47. The summed E-state index contributed by atoms with van der Waals surface area (Å²) in [6, 6.07) is 3.24. The highest BCUT2D eigenvalue weighted by atomic mass is 32.2. The number of pyridine rings is 1. The summed E-state index contributed by atoms with van der Waals surface area (Å²) in [5.74, 6) is 0.360. The molecule has 1 fully saturated rings. The van der Waals surface area contributed by atoms with E-state index in [9.17, 15) is 13.2 Å². The number of carbonyl (C=O) groups is 1. The van der Waals surface area contributed by atoms with Crippen molar-refractivity contribution >= 4 is 21.7 Å². The van der Waals surface area contributed by atoms with Crippen molar-refractivity contribution in [3.63, 3.8) is 0 Å². The average Bonchev–Trinajstić information content (AvgIpc) is 3.20. The first kappa shape index (κ1) is 16.7. The van der Waals surface area contributed by atoms with Crippen LogP contribution < -0.4 is 5.32 Å². The van der Waals surface area contributed by atoms with Crippen LogP contribution in [0.5, 0.6) is 0 Å². The summed E-state index contributed by atoms with van der Waals surface area (Å²) >= 11 is 0. The first-order valence-corrected chi connectivity index (χ1v) is 9.01. The van der Waals surface area contributed by atoms with Crippen molar-refractivity contribution < 1.29 is 17.9 Å². The molecule has 122 valence electrons. The van der Waals surface area contributed by atoms with E-state index in [1.54, 1.807) is 33.8 Å². The Kier molecular flexibility index (Phi) is 4.47. The lowest BCUT2D eigenvalue weighted by atomic mass is 10.2. The maximum atomic E-state index is 12.2. The Morgan fingerprint density at radius 2 is 2.00 bits per heavy atom. The predicted octanol–water partition coefficient (Wildman–Crippen LogP) is 3.10. The molecule has 1 aromatic rings. The maximum Gasteiger partial charge on any atom is 0.413 e. The molecule has 0 aliphatic heterocycles. The molecule has 0 atom stereocenters. The summed E-state index contributed by atoms with van der Waals surface area (Å²) in [6.07, 6.45) is 1.37. The van der Waals surface area contributed by atoms with E-state index in [1.165, 1.54) is 6.07 Å². The van der Waals surface area contributed by atoms with Gasteiger partial charge in [0, 0.05) is 11.6 Å². The second-order valence-electron chi connectivity index (χ2n) is 6.39. The minimum atomic E-state index is -3.47. The molecule has 6 nitrogen and oxygen atoms in total. The zero-order valence-electron chi connectivity index (χ0n) is 13.3. The third-order valence-corrected chi connectivity index (χ3v) is 4.97. The van der Waals surface area contributed by atoms with Crippen molar-refractivity contribution in [3.05, 3.63) is 17.8 Å². The second-order valence-corrected chi connectivity index (χ2v) is 8.63. The van der Waals surface area contributed by atoms with Crippen molar-refractivity contribution in [2.75, 3.05) is 11.1 Å². The van der Waals surface area contributed by atoms with Gasteiger partial charge in [0.25, 0.3) is 0 Å². The average molecular weight is 326 g/mol. The zero-order valence-corrected chi connectivity index (χ0v) is 14.2. The van der Waals surface area contributed by atoms with E-state index in [1.807, 2.05) is 0 Å². The van der Waals surface area contributed by atoms with E-state index in [0.717, 1.165) is 18.5 Å². The Balaban J connectivity index is 2.33. The summed E-state index contributed by atoms with van der Waals surface area (Å²) in [4.78, 5) is 16.3. The summed E-state index contributed by atoms with van der Waals surface area (Å²) in [6.45, 7) is 6.78. The largest absolute Gasteiger partial charge is 0.444 e. The number of amides is 1. The number of rotatable bonds is 4. The van der Waals surface area contributed by atoms with Crippen molar-refractivity contribution in [2.45, 2.75) is 57.0 Å². The van der Waals surface area contributed by atoms with Crippen LogP contribution in [0, 0.1) is 0 Å². The highest BCUT2D eigenvalue weighted by molar-refractivity contribution is 7.91. The molecule has 1 aliphatic rings. The molecule has 0 aromatic carbocycles. The maximum absolute atomic E-state index is 12.2. The Morgan fingerprint density at radius 3 is 2.50 bits per heavy atom. The number of ether oxygens (including phenoxy) is 1. The smallest absolute Gasteiger partial charge is 0.413 e. The molecule has 0 saturated heterocycles. The lowest BCUT2D eigenvalue weighted by molar-refractivity contribution is 0.0635. The van der Waals surface area contributed by atoms with Gasteiger partial charge in [-0.3, -0.25) is 5.32 Å². The molecule has 1 aromatic heterocycles. The SMILES string of the molecule is CCS(=O)(=O)c1ccc(C2CC2)nc1NC(=O)OC(C)(C)C. The van der Waals surface area contributed by atoms with Crippen molar-refractivity contribution in [3.8, 4) is 0 Å². The number of anilines is 1. The number of carbonyl (C=O) groups excluding carboxylic acids is 1. The molecule has 1 N–H and O–H groups in total. The molecule has 0 bridgehead atoms. The van der Waals surface area contributed by atoms with Gasteiger partial charge in [-0.2, -0.15) is 0 Å². The second kappa shape index (κ2) is 5.87. The molecular weight excluding hydrogens is 304 g/mol. The lowest BCUT2D eigenvalue weighted by Gasteiger charge is -2.20. The normalized spacial score (nSPS) is 15.5. The standard InChI is InChI=1S/C15H22N2O4S/c1-5-22(19,20)12-9-8-11(10-6-7-10)16-13(12)17-14(18)21-15(2,3)4/h8-10H,5-7H2,1-4H3,(H,16,17,18). The number of aromatic nitrogens is 1. The summed E-state index contributed by atoms with van der Waals surface area (Å²) in [5, 5.41) is 2.48. The van der Waals surface area contributed by atoms with Gasteiger partial charge >= 0.3 is 6.09 Å². The minimum Gasteiger partial charge on any atom is -0.444 e. The lowest BCUT2D eigenvalue weighted by Crippen LogP contribution is -2.28. The number of hydrogen-bond acceptors (Lipinski definition) is 5. The fraction of sp³-hybridized carbons (Fsp3) is 0.600. The van der Waals surface area contributed by atoms with Crippen molar-refractivity contribution in [1.29, 1.82) is 0 Å². The van der Waals surface area contributed by atoms with Crippen LogP contribution in [-0.2, 0) is 14.6 Å². The molecule has 2 rings (SSSR count). The molecule has 1 heterocycles. The molecule has 0 unspecified atom stereocenters. The van der Waals surface area contributed by atoms with Gasteiger partial charge in [-0.25, -0.2) is 18.2 Å². The van der Waals surface area contributed by atoms with Crippen LogP contribution in [0.1, 0.15) is 52.1 Å². The quantitative estimate of drug-likeness (QED) is 0.919. The van der Waals surface area contributed by atoms with Gasteiger partial charge in [0.2, 0.25) is 0 Å². The third kappa shape index (κ3) is 4.19. The van der Waals surface area contributed by atoms with Gasteiger partial charge in [0.1, 0.15) is 10.5 Å². The number of nitrogens with zero attached hydrogens (tertiary/aromatic N) is 1. The molecule has 0 radical (unpaired) electrons. The third-order valence-electron chi connectivity index (χ3n) is 3.21. The monoisotopic (exact) mass is 326 g/mol. The van der Waals surface area contributed by atoms with E-state index in [-0.39, 0.29) is 16.5 Å². The van der Waals surface area contributed by atoms with Gasteiger partial charge in [-0.05, 0) is 45.7 Å². The highest BCUT2D eigenvalue weighted by Crippen LogP contribution is 2.40. The molecule has 0 spiro atoms. The molecule has 22 heavy (non-hydrogen) atoms. The van der Waals surface area contributed by atoms with Crippen LogP contribution in [0.2, 0.25) is 0 Å². The Hall–Kier alpha value is -1.63. The van der Waals surface area contributed by atoms with E-state index in [0.29, 0.717) is 5.92 Å². The fourth-order valence-electron chi connectivity index (χ4n) is 1.96. The number of nitrogens with one attached hydrogen (secondary N) is 1. The van der Waals surface area contributed by atoms with E-state index in [2.05, 4.69) is 10.3 Å². The Morgan fingerprint density at radius 1 is 1.36 bits per heavy atom. The van der Waals surface area contributed by atoms with Gasteiger partial charge in [-0.15, -0.1) is 0 Å². The van der Waals surface area contributed by atoms with Crippen LogP contribution in [0.4, 0.5) is 10.6 Å². The number of hydrogen-bond donors (Lipinski definition) is 1. The van der Waals surface area contributed by atoms with Gasteiger partial charge in [0.15, 0.2) is 15.7 Å². The van der Waals surface area contributed by atoms with Crippen LogP contribution in [0.25, 0.3) is 0 Å². The predicted molar refractivity (Wildman–Crippen MR) is 83.8 cm³/mol. The molecule has 1 amide bonds. The van der Waals surface area contributed by atoms with Crippen LogP contribution in [0.3, 0.4) is 0 Å². The first-order chi connectivity index (χ1) is 10.1. The van der Waals surface area contributed by atoms with E-state index in [4.69, 9.17) is 4.74 Å². The summed E-state index contributed by atoms with van der Waals surface area (Å²) in [5.41, 5.74) is 0.142. The van der Waals surface area contributed by atoms with Gasteiger partial charge in [-0.1, -0.05) is 6.92 Å². The van der Waals surface area contributed by atoms with Crippen molar-refractivity contribution in [1.82, 2.24) is 4.98 Å². The summed E-state index contributed by atoms with van der Waals surface area (Å²) < 4.78 is 29.5. The van der Waals surface area contributed by atoms with Crippen LogP contribution >= 0.6 is 0 Å². The van der Waals surface area contributed by atoms with Crippen molar-refractivity contribution in [2.24, 2.45) is 0 Å². The van der Waals surface area contributed by atoms with E-state index >= 15 is 0 Å². The van der Waals surface area contributed by atoms with Crippen LogP contribution in [-0.4, -0.2) is 30.8 Å². The Labute approximate surface area is 131 Å².